The molecule has 1 fully saturated rings. The lowest BCUT2D eigenvalue weighted by Crippen LogP contribution is -2.33. The van der Waals surface area contributed by atoms with Crippen LogP contribution in [-0.2, 0) is 6.54 Å². The zero-order chi connectivity index (χ0) is 20.1. The third-order valence-corrected chi connectivity index (χ3v) is 5.12. The Morgan fingerprint density at radius 1 is 1.21 bits per heavy atom. The van der Waals surface area contributed by atoms with Crippen LogP contribution in [0.2, 0.25) is 0 Å². The van der Waals surface area contributed by atoms with Crippen molar-refractivity contribution in [3.63, 3.8) is 0 Å². The summed E-state index contributed by atoms with van der Waals surface area (Å²) in [5, 5.41) is 4.32. The van der Waals surface area contributed by atoms with Crippen LogP contribution in [0.5, 0.6) is 11.5 Å². The van der Waals surface area contributed by atoms with Crippen molar-refractivity contribution in [2.24, 2.45) is 0 Å². The first-order valence-corrected chi connectivity index (χ1v) is 9.70. The second-order valence-corrected chi connectivity index (χ2v) is 6.90. The molecule has 1 amide bonds. The van der Waals surface area contributed by atoms with E-state index >= 15 is 0 Å². The fraction of sp³-hybridized carbons (Fsp3) is 0.476. The van der Waals surface area contributed by atoms with E-state index in [-0.39, 0.29) is 17.5 Å². The maximum atomic E-state index is 13.2. The predicted molar refractivity (Wildman–Crippen MR) is 106 cm³/mol. The molecular formula is C21H27N3O4. The number of amides is 1. The van der Waals surface area contributed by atoms with E-state index in [4.69, 9.17) is 9.47 Å². The summed E-state index contributed by atoms with van der Waals surface area (Å²) in [6, 6.07) is 8.45. The molecule has 1 aliphatic heterocycles. The maximum absolute atomic E-state index is 13.2. The van der Waals surface area contributed by atoms with Crippen LogP contribution in [0.4, 0.5) is 0 Å². The zero-order valence-electron chi connectivity index (χ0n) is 16.7. The molecule has 7 heteroatoms. The SMILES string of the molecule is CCCCn1nc(C(=O)N2CCC[C@@H]2c2cc(OC)ccc2OC)ccc1=O. The molecule has 28 heavy (non-hydrogen) atoms. The molecule has 0 spiro atoms. The van der Waals surface area contributed by atoms with Crippen molar-refractivity contribution in [1.82, 2.24) is 14.7 Å². The third-order valence-electron chi connectivity index (χ3n) is 5.12. The molecule has 2 heterocycles. The Labute approximate surface area is 164 Å². The molecule has 0 unspecified atom stereocenters. The highest BCUT2D eigenvalue weighted by Gasteiger charge is 2.33. The van der Waals surface area contributed by atoms with Gasteiger partial charge in [-0.2, -0.15) is 5.10 Å². The summed E-state index contributed by atoms with van der Waals surface area (Å²) < 4.78 is 12.2. The number of carbonyl (C=O) groups is 1. The van der Waals surface area contributed by atoms with Gasteiger partial charge in [0, 0.05) is 24.7 Å². The van der Waals surface area contributed by atoms with Crippen molar-refractivity contribution in [2.75, 3.05) is 20.8 Å². The lowest BCUT2D eigenvalue weighted by molar-refractivity contribution is 0.0725. The first-order valence-electron chi connectivity index (χ1n) is 9.70. The lowest BCUT2D eigenvalue weighted by Gasteiger charge is -2.26. The fourth-order valence-corrected chi connectivity index (χ4v) is 3.61. The van der Waals surface area contributed by atoms with E-state index in [0.717, 1.165) is 42.7 Å². The van der Waals surface area contributed by atoms with Gasteiger partial charge in [-0.05, 0) is 43.5 Å². The van der Waals surface area contributed by atoms with Crippen LogP contribution >= 0.6 is 0 Å². The first-order chi connectivity index (χ1) is 13.6. The molecule has 1 aromatic heterocycles. The quantitative estimate of drug-likeness (QED) is 0.732. The molecule has 0 saturated carbocycles. The molecule has 0 aliphatic carbocycles. The van der Waals surface area contributed by atoms with E-state index in [9.17, 15) is 9.59 Å². The molecule has 1 saturated heterocycles. The fourth-order valence-electron chi connectivity index (χ4n) is 3.61. The van der Waals surface area contributed by atoms with E-state index in [2.05, 4.69) is 12.0 Å². The summed E-state index contributed by atoms with van der Waals surface area (Å²) in [6.45, 7) is 3.21. The second-order valence-electron chi connectivity index (χ2n) is 6.90. The molecular weight excluding hydrogens is 358 g/mol. The third kappa shape index (κ3) is 4.03. The van der Waals surface area contributed by atoms with Crippen molar-refractivity contribution < 1.29 is 14.3 Å². The predicted octanol–water partition coefficient (Wildman–Crippen LogP) is 3.04. The number of hydrogen-bond donors (Lipinski definition) is 0. The van der Waals surface area contributed by atoms with Gasteiger partial charge in [-0.3, -0.25) is 9.59 Å². The smallest absolute Gasteiger partial charge is 0.274 e. The number of aryl methyl sites for hydroxylation is 1. The minimum absolute atomic E-state index is 0.115. The Balaban J connectivity index is 1.91. The van der Waals surface area contributed by atoms with Gasteiger partial charge in [0.05, 0.1) is 20.3 Å². The minimum atomic E-state index is -0.183. The summed E-state index contributed by atoms with van der Waals surface area (Å²) in [7, 11) is 3.24. The van der Waals surface area contributed by atoms with Crippen molar-refractivity contribution in [3.05, 3.63) is 51.9 Å². The number of ether oxygens (including phenoxy) is 2. The van der Waals surface area contributed by atoms with E-state index in [1.165, 1.54) is 16.8 Å². The Kier molecular flexibility index (Phi) is 6.34. The van der Waals surface area contributed by atoms with Gasteiger partial charge in [-0.1, -0.05) is 13.3 Å². The average Bonchev–Trinajstić information content (AvgIpc) is 3.21. The number of aromatic nitrogens is 2. The molecule has 0 radical (unpaired) electrons. The molecule has 1 atom stereocenters. The summed E-state index contributed by atoms with van der Waals surface area (Å²) in [4.78, 5) is 27.0. The van der Waals surface area contributed by atoms with E-state index in [1.807, 2.05) is 23.1 Å². The largest absolute Gasteiger partial charge is 0.497 e. The number of unbranched alkanes of at least 4 members (excludes halogenated alkanes) is 1. The Morgan fingerprint density at radius 2 is 2.04 bits per heavy atom. The molecule has 1 aromatic carbocycles. The maximum Gasteiger partial charge on any atom is 0.274 e. The van der Waals surface area contributed by atoms with Crippen molar-refractivity contribution in [2.45, 2.75) is 45.2 Å². The van der Waals surface area contributed by atoms with E-state index in [1.54, 1.807) is 14.2 Å². The Morgan fingerprint density at radius 3 is 2.75 bits per heavy atom. The van der Waals surface area contributed by atoms with Crippen LogP contribution in [0.15, 0.2) is 35.1 Å². The van der Waals surface area contributed by atoms with Gasteiger partial charge in [0.1, 0.15) is 17.2 Å². The number of nitrogens with zero attached hydrogens (tertiary/aromatic N) is 3. The Bertz CT molecular complexity index is 893. The summed E-state index contributed by atoms with van der Waals surface area (Å²) in [5.41, 5.74) is 1.04. The molecule has 150 valence electrons. The standard InChI is InChI=1S/C21H27N3O4/c1-4-5-13-24-20(25)11-9-17(22-24)21(26)23-12-6-7-18(23)16-14-15(27-2)8-10-19(16)28-3/h8-11,14,18H,4-7,12-13H2,1-3H3/t18-/m1/s1. The van der Waals surface area contributed by atoms with E-state index < -0.39 is 0 Å². The van der Waals surface area contributed by atoms with Gasteiger partial charge in [0.15, 0.2) is 0 Å². The summed E-state index contributed by atoms with van der Waals surface area (Å²) in [5.74, 6) is 1.28. The van der Waals surface area contributed by atoms with Crippen LogP contribution < -0.4 is 15.0 Å². The summed E-state index contributed by atoms with van der Waals surface area (Å²) >= 11 is 0. The van der Waals surface area contributed by atoms with Crippen LogP contribution in [0.3, 0.4) is 0 Å². The molecule has 0 N–H and O–H groups in total. The number of benzene rings is 1. The highest BCUT2D eigenvalue weighted by Crippen LogP contribution is 2.39. The minimum Gasteiger partial charge on any atom is -0.497 e. The lowest BCUT2D eigenvalue weighted by atomic mass is 10.0. The molecule has 3 rings (SSSR count). The van der Waals surface area contributed by atoms with Gasteiger partial charge in [-0.25, -0.2) is 4.68 Å². The first kappa shape index (κ1) is 19.9. The van der Waals surface area contributed by atoms with E-state index in [0.29, 0.717) is 18.8 Å². The molecule has 1 aliphatic rings. The Hall–Kier alpha value is -2.83. The van der Waals surface area contributed by atoms with Crippen molar-refractivity contribution in [1.29, 1.82) is 0 Å². The zero-order valence-corrected chi connectivity index (χ0v) is 16.7. The van der Waals surface area contributed by atoms with Gasteiger partial charge in [0.2, 0.25) is 0 Å². The topological polar surface area (TPSA) is 73.7 Å². The number of hydrogen-bond acceptors (Lipinski definition) is 5. The highest BCUT2D eigenvalue weighted by molar-refractivity contribution is 5.92. The van der Waals surface area contributed by atoms with Crippen LogP contribution in [0.1, 0.15) is 54.7 Å². The number of likely N-dealkylation sites (tertiary alicyclic amines) is 1. The number of methoxy groups -OCH3 is 2. The molecule has 0 bridgehead atoms. The molecule has 7 nitrogen and oxygen atoms in total. The average molecular weight is 385 g/mol. The van der Waals surface area contributed by atoms with Crippen LogP contribution in [0.25, 0.3) is 0 Å². The van der Waals surface area contributed by atoms with Crippen molar-refractivity contribution in [3.8, 4) is 11.5 Å². The van der Waals surface area contributed by atoms with Crippen LogP contribution in [-0.4, -0.2) is 41.4 Å². The van der Waals surface area contributed by atoms with Crippen LogP contribution in [0, 0.1) is 0 Å². The van der Waals surface area contributed by atoms with Gasteiger partial charge in [0.25, 0.3) is 11.5 Å². The normalized spacial score (nSPS) is 16.2. The number of carbonyl (C=O) groups excluding carboxylic acids is 1. The second kappa shape index (κ2) is 8.91. The summed E-state index contributed by atoms with van der Waals surface area (Å²) in [6.07, 6.45) is 3.53. The van der Waals surface area contributed by atoms with Gasteiger partial charge >= 0.3 is 0 Å². The number of rotatable bonds is 7. The monoisotopic (exact) mass is 385 g/mol. The molecule has 2 aromatic rings. The highest BCUT2D eigenvalue weighted by atomic mass is 16.5. The van der Waals surface area contributed by atoms with Crippen molar-refractivity contribution >= 4 is 5.91 Å². The van der Waals surface area contributed by atoms with Gasteiger partial charge in [-0.15, -0.1) is 0 Å². The van der Waals surface area contributed by atoms with Gasteiger partial charge < -0.3 is 14.4 Å².